The Morgan fingerprint density at radius 1 is 1.31 bits per heavy atom. The topological polar surface area (TPSA) is 35.5 Å². The van der Waals surface area contributed by atoms with E-state index in [-0.39, 0.29) is 0 Å². The number of carbonyl (C=O) groups is 1. The van der Waals surface area contributed by atoms with E-state index in [1.807, 2.05) is 0 Å². The van der Waals surface area contributed by atoms with Crippen molar-refractivity contribution in [3.63, 3.8) is 0 Å². The molecule has 0 spiro atoms. The maximum atomic E-state index is 13.0. The van der Waals surface area contributed by atoms with Crippen LogP contribution in [0.1, 0.15) is 10.4 Å². The molecule has 0 heterocycles. The number of esters is 1. The van der Waals surface area contributed by atoms with E-state index in [0.717, 1.165) is 13.2 Å². The van der Waals surface area contributed by atoms with Crippen LogP contribution in [-0.2, 0) is 4.74 Å². The summed E-state index contributed by atoms with van der Waals surface area (Å²) in [5.41, 5.74) is -0.621. The Balaban J connectivity index is 3.03. The van der Waals surface area contributed by atoms with E-state index in [4.69, 9.17) is 0 Å². The highest BCUT2D eigenvalue weighted by molar-refractivity contribution is 5.90. The zero-order valence-electron chi connectivity index (χ0n) is 7.97. The third-order valence-corrected chi connectivity index (χ3v) is 1.58. The minimum Gasteiger partial charge on any atom is -0.465 e. The van der Waals surface area contributed by atoms with E-state index in [0.29, 0.717) is 12.1 Å². The molecule has 0 amide bonds. The number of hydrogen-bond donors (Lipinski definition) is 0. The summed E-state index contributed by atoms with van der Waals surface area (Å²) in [6, 6.07) is 2.07. The van der Waals surface area contributed by atoms with Crippen molar-refractivity contribution in [2.45, 2.75) is 6.36 Å². The van der Waals surface area contributed by atoms with Crippen LogP contribution >= 0.6 is 0 Å². The normalized spacial score (nSPS) is 11.1. The highest BCUT2D eigenvalue weighted by Crippen LogP contribution is 2.24. The van der Waals surface area contributed by atoms with Gasteiger partial charge in [-0.2, -0.15) is 0 Å². The highest BCUT2D eigenvalue weighted by atomic mass is 19.4. The molecule has 0 atom stereocenters. The lowest BCUT2D eigenvalue weighted by Crippen LogP contribution is -2.17. The first kappa shape index (κ1) is 12.3. The maximum absolute atomic E-state index is 13.0. The van der Waals surface area contributed by atoms with Crippen molar-refractivity contribution in [1.82, 2.24) is 0 Å². The summed E-state index contributed by atoms with van der Waals surface area (Å²) in [6.45, 7) is 0. The molecule has 1 rings (SSSR count). The van der Waals surface area contributed by atoms with Crippen molar-refractivity contribution < 1.29 is 31.8 Å². The largest absolute Gasteiger partial charge is 0.573 e. The second-order valence-corrected chi connectivity index (χ2v) is 2.68. The molecule has 0 N–H and O–H groups in total. The van der Waals surface area contributed by atoms with Crippen LogP contribution in [-0.4, -0.2) is 19.4 Å². The predicted molar refractivity (Wildman–Crippen MR) is 44.4 cm³/mol. The smallest absolute Gasteiger partial charge is 0.465 e. The van der Waals surface area contributed by atoms with E-state index in [9.17, 15) is 22.4 Å². The molecule has 3 nitrogen and oxygen atoms in total. The SMILES string of the molecule is COC(=O)c1cc(OC(F)(F)F)ccc1F. The zero-order chi connectivity index (χ0) is 12.3. The molecule has 1 aromatic carbocycles. The van der Waals surface area contributed by atoms with E-state index in [2.05, 4.69) is 9.47 Å². The van der Waals surface area contributed by atoms with Crippen molar-refractivity contribution in [3.8, 4) is 5.75 Å². The molecule has 88 valence electrons. The zero-order valence-corrected chi connectivity index (χ0v) is 7.97. The number of alkyl halides is 3. The molecular formula is C9H6F4O3. The molecule has 0 aromatic heterocycles. The third-order valence-electron chi connectivity index (χ3n) is 1.58. The van der Waals surface area contributed by atoms with Crippen LogP contribution in [0.3, 0.4) is 0 Å². The summed E-state index contributed by atoms with van der Waals surface area (Å²) in [7, 11) is 0.985. The molecule has 0 bridgehead atoms. The van der Waals surface area contributed by atoms with Gasteiger partial charge < -0.3 is 9.47 Å². The maximum Gasteiger partial charge on any atom is 0.573 e. The first-order valence-corrected chi connectivity index (χ1v) is 3.97. The molecule has 0 saturated carbocycles. The van der Waals surface area contributed by atoms with Crippen molar-refractivity contribution in [3.05, 3.63) is 29.6 Å². The van der Waals surface area contributed by atoms with Crippen molar-refractivity contribution in [2.24, 2.45) is 0 Å². The summed E-state index contributed by atoms with van der Waals surface area (Å²) < 4.78 is 56.2. The Morgan fingerprint density at radius 3 is 2.44 bits per heavy atom. The predicted octanol–water partition coefficient (Wildman–Crippen LogP) is 2.51. The molecule has 1 aromatic rings. The van der Waals surface area contributed by atoms with Gasteiger partial charge in [0.2, 0.25) is 0 Å². The molecule has 0 aliphatic heterocycles. The summed E-state index contributed by atoms with van der Waals surface area (Å²) in [5, 5.41) is 0. The molecule has 0 saturated heterocycles. The molecule has 0 unspecified atom stereocenters. The second-order valence-electron chi connectivity index (χ2n) is 2.68. The Morgan fingerprint density at radius 2 is 1.94 bits per heavy atom. The number of benzene rings is 1. The van der Waals surface area contributed by atoms with Gasteiger partial charge in [0.25, 0.3) is 0 Å². The molecule has 0 aliphatic rings. The fourth-order valence-electron chi connectivity index (χ4n) is 0.968. The third kappa shape index (κ3) is 3.11. The minimum atomic E-state index is -4.90. The van der Waals surface area contributed by atoms with Gasteiger partial charge in [-0.1, -0.05) is 0 Å². The first-order valence-electron chi connectivity index (χ1n) is 3.97. The number of methoxy groups -OCH3 is 1. The Hall–Kier alpha value is -1.79. The van der Waals surface area contributed by atoms with Gasteiger partial charge in [-0.3, -0.25) is 0 Å². The molecule has 16 heavy (non-hydrogen) atoms. The van der Waals surface area contributed by atoms with Crippen molar-refractivity contribution >= 4 is 5.97 Å². The van der Waals surface area contributed by atoms with Gasteiger partial charge in [-0.05, 0) is 18.2 Å². The second kappa shape index (κ2) is 4.38. The van der Waals surface area contributed by atoms with Gasteiger partial charge in [-0.15, -0.1) is 13.2 Å². The lowest BCUT2D eigenvalue weighted by molar-refractivity contribution is -0.274. The van der Waals surface area contributed by atoms with Crippen LogP contribution in [0.15, 0.2) is 18.2 Å². The number of carbonyl (C=O) groups excluding carboxylic acids is 1. The van der Waals surface area contributed by atoms with Crippen LogP contribution in [0, 0.1) is 5.82 Å². The number of rotatable bonds is 2. The fourth-order valence-corrected chi connectivity index (χ4v) is 0.968. The number of halogens is 4. The summed E-state index contributed by atoms with van der Waals surface area (Å²) in [4.78, 5) is 11.0. The van der Waals surface area contributed by atoms with Crippen LogP contribution in [0.25, 0.3) is 0 Å². The van der Waals surface area contributed by atoms with Crippen LogP contribution in [0.5, 0.6) is 5.75 Å². The van der Waals surface area contributed by atoms with Gasteiger partial charge in [-0.25, -0.2) is 9.18 Å². The van der Waals surface area contributed by atoms with Crippen molar-refractivity contribution in [1.29, 1.82) is 0 Å². The summed E-state index contributed by atoms with van der Waals surface area (Å²) in [6.07, 6.45) is -4.90. The fraction of sp³-hybridized carbons (Fsp3) is 0.222. The van der Waals surface area contributed by atoms with E-state index < -0.39 is 29.5 Å². The van der Waals surface area contributed by atoms with Crippen LogP contribution in [0.4, 0.5) is 17.6 Å². The van der Waals surface area contributed by atoms with E-state index >= 15 is 0 Å². The summed E-state index contributed by atoms with van der Waals surface area (Å²) >= 11 is 0. The van der Waals surface area contributed by atoms with Gasteiger partial charge in [0.15, 0.2) is 0 Å². The van der Waals surface area contributed by atoms with Gasteiger partial charge in [0.1, 0.15) is 11.6 Å². The van der Waals surface area contributed by atoms with Crippen LogP contribution in [0.2, 0.25) is 0 Å². The van der Waals surface area contributed by atoms with E-state index in [1.165, 1.54) is 0 Å². The minimum absolute atomic E-state index is 0.620. The number of hydrogen-bond acceptors (Lipinski definition) is 3. The molecule has 0 aliphatic carbocycles. The Labute approximate surface area is 87.6 Å². The lowest BCUT2D eigenvalue weighted by Gasteiger charge is -2.09. The molecular weight excluding hydrogens is 232 g/mol. The summed E-state index contributed by atoms with van der Waals surface area (Å²) in [5.74, 6) is -2.75. The lowest BCUT2D eigenvalue weighted by atomic mass is 10.2. The van der Waals surface area contributed by atoms with E-state index in [1.54, 1.807) is 0 Å². The standard InChI is InChI=1S/C9H6F4O3/c1-15-8(14)6-4-5(2-3-7(6)10)16-9(11,12)13/h2-4H,1H3. The average molecular weight is 238 g/mol. The Bertz CT molecular complexity index is 400. The van der Waals surface area contributed by atoms with Gasteiger partial charge >= 0.3 is 12.3 Å². The van der Waals surface area contributed by atoms with Crippen molar-refractivity contribution in [2.75, 3.05) is 7.11 Å². The van der Waals surface area contributed by atoms with Gasteiger partial charge in [0.05, 0.1) is 12.7 Å². The number of ether oxygens (including phenoxy) is 2. The monoisotopic (exact) mass is 238 g/mol. The van der Waals surface area contributed by atoms with Crippen LogP contribution < -0.4 is 4.74 Å². The molecule has 0 radical (unpaired) electrons. The molecule has 7 heteroatoms. The Kier molecular flexibility index (Phi) is 3.36. The molecule has 0 fully saturated rings. The average Bonchev–Trinajstić information content (AvgIpc) is 2.18. The first-order chi connectivity index (χ1) is 7.33. The van der Waals surface area contributed by atoms with Gasteiger partial charge in [0, 0.05) is 0 Å². The highest BCUT2D eigenvalue weighted by Gasteiger charge is 2.31. The quantitative estimate of drug-likeness (QED) is 0.586.